The quantitative estimate of drug-likeness (QED) is 0.0630. The van der Waals surface area contributed by atoms with E-state index < -0.39 is 5.97 Å². The van der Waals surface area contributed by atoms with Crippen LogP contribution in [-0.2, 0) is 9.53 Å². The molecule has 0 aromatic carbocycles. The molecular formula is C50H102O3. The highest BCUT2D eigenvalue weighted by Gasteiger charge is 1.99. The van der Waals surface area contributed by atoms with Crippen LogP contribution in [0.25, 0.3) is 0 Å². The van der Waals surface area contributed by atoms with Crippen molar-refractivity contribution in [2.24, 2.45) is 0 Å². The van der Waals surface area contributed by atoms with Crippen molar-refractivity contribution in [1.82, 2.24) is 0 Å². The highest BCUT2D eigenvalue weighted by molar-refractivity contribution is 5.66. The van der Waals surface area contributed by atoms with Gasteiger partial charge in [-0.25, -0.2) is 0 Å². The normalized spacial score (nSPS) is 11.2. The number of hydrogen-bond acceptors (Lipinski definition) is 2. The van der Waals surface area contributed by atoms with E-state index in [1.54, 1.807) is 0 Å². The molecule has 0 rings (SSSR count). The van der Waals surface area contributed by atoms with Crippen molar-refractivity contribution < 1.29 is 14.6 Å². The van der Waals surface area contributed by atoms with E-state index in [0.717, 1.165) is 26.1 Å². The number of carbonyl (C=O) groups is 1. The van der Waals surface area contributed by atoms with Crippen LogP contribution in [0.15, 0.2) is 0 Å². The van der Waals surface area contributed by atoms with Gasteiger partial charge in [-0.15, -0.1) is 0 Å². The third-order valence-electron chi connectivity index (χ3n) is 11.3. The summed E-state index contributed by atoms with van der Waals surface area (Å²) >= 11 is 0. The Bertz CT molecular complexity index is 590. The minimum Gasteiger partial charge on any atom is -0.481 e. The molecule has 0 saturated carbocycles. The Morgan fingerprint density at radius 1 is 0.283 bits per heavy atom. The van der Waals surface area contributed by atoms with Crippen molar-refractivity contribution in [3.05, 3.63) is 0 Å². The molecule has 0 amide bonds. The zero-order valence-electron chi connectivity index (χ0n) is 37.3. The number of rotatable bonds is 46. The molecule has 0 saturated heterocycles. The minimum absolute atomic E-state index is 0.345. The summed E-state index contributed by atoms with van der Waals surface area (Å²) in [5, 5.41) is 8.52. The Balaban J connectivity index is 0. The lowest BCUT2D eigenvalue weighted by Gasteiger charge is -2.05. The first kappa shape index (κ1) is 54.5. The zero-order chi connectivity index (χ0) is 38.8. The van der Waals surface area contributed by atoms with E-state index in [1.807, 2.05) is 0 Å². The van der Waals surface area contributed by atoms with Crippen molar-refractivity contribution in [2.45, 2.75) is 303 Å². The Labute approximate surface area is 336 Å². The Hall–Kier alpha value is -0.570. The molecule has 0 unspecified atom stereocenters. The molecule has 0 bridgehead atoms. The average molecular weight is 751 g/mol. The van der Waals surface area contributed by atoms with Gasteiger partial charge < -0.3 is 9.84 Å². The smallest absolute Gasteiger partial charge is 0.303 e. The van der Waals surface area contributed by atoms with Gasteiger partial charge in [-0.1, -0.05) is 278 Å². The lowest BCUT2D eigenvalue weighted by molar-refractivity contribution is -0.137. The molecule has 0 atom stereocenters. The van der Waals surface area contributed by atoms with E-state index >= 15 is 0 Å². The van der Waals surface area contributed by atoms with Gasteiger partial charge in [0.25, 0.3) is 0 Å². The van der Waals surface area contributed by atoms with Crippen LogP contribution in [0.1, 0.15) is 303 Å². The number of ether oxygens (including phenoxy) is 1. The standard InChI is InChI=1S/C32H66O.C18H36O2/c1-3-5-7-9-11-13-15-17-19-21-23-25-27-29-31-33-32-30-28-26-24-22-20-18-16-14-12-10-8-6-4-2;1-2-3-4-5-6-7-8-9-10-11-12-13-14-15-16-17-18(19)20/h3-32H2,1-2H3;2-17H2,1H3,(H,19,20). The third kappa shape index (κ3) is 58.3. The van der Waals surface area contributed by atoms with E-state index in [9.17, 15) is 4.79 Å². The van der Waals surface area contributed by atoms with Gasteiger partial charge in [0, 0.05) is 19.6 Å². The number of carboxylic acids is 1. The fourth-order valence-corrected chi connectivity index (χ4v) is 7.55. The maximum atomic E-state index is 10.3. The maximum Gasteiger partial charge on any atom is 0.303 e. The first-order valence-corrected chi connectivity index (χ1v) is 25.0. The predicted octanol–water partition coefficient (Wildman–Crippen LogP) is 18.3. The number of aliphatic carboxylic acids is 1. The first-order chi connectivity index (χ1) is 26.2. The van der Waals surface area contributed by atoms with Crippen LogP contribution in [0, 0.1) is 0 Å². The summed E-state index contributed by atoms with van der Waals surface area (Å²) in [6, 6.07) is 0. The highest BCUT2D eigenvalue weighted by Crippen LogP contribution is 2.16. The molecule has 53 heavy (non-hydrogen) atoms. The number of unbranched alkanes of at least 4 members (excludes halogenated alkanes) is 40. The monoisotopic (exact) mass is 751 g/mol. The topological polar surface area (TPSA) is 46.5 Å². The molecule has 0 heterocycles. The van der Waals surface area contributed by atoms with Gasteiger partial charge in [0.15, 0.2) is 0 Å². The molecular weight excluding hydrogens is 649 g/mol. The van der Waals surface area contributed by atoms with Crippen molar-refractivity contribution in [3.63, 3.8) is 0 Å². The summed E-state index contributed by atoms with van der Waals surface area (Å²) in [6.07, 6.45) is 60.3. The van der Waals surface area contributed by atoms with Crippen molar-refractivity contribution in [2.75, 3.05) is 13.2 Å². The van der Waals surface area contributed by atoms with Crippen LogP contribution in [0.2, 0.25) is 0 Å². The van der Waals surface area contributed by atoms with Crippen molar-refractivity contribution in [1.29, 1.82) is 0 Å². The lowest BCUT2D eigenvalue weighted by Crippen LogP contribution is -1.97. The molecule has 0 radical (unpaired) electrons. The molecule has 3 heteroatoms. The minimum atomic E-state index is -0.653. The van der Waals surface area contributed by atoms with E-state index in [1.165, 1.54) is 263 Å². The second kappa shape index (κ2) is 53.5. The zero-order valence-corrected chi connectivity index (χ0v) is 37.3. The second-order valence-corrected chi connectivity index (χ2v) is 16.9. The van der Waals surface area contributed by atoms with Gasteiger partial charge in [0.2, 0.25) is 0 Å². The van der Waals surface area contributed by atoms with Crippen LogP contribution in [0.5, 0.6) is 0 Å². The molecule has 0 aliphatic heterocycles. The lowest BCUT2D eigenvalue weighted by atomic mass is 10.0. The number of carboxylic acid groups (broad SMARTS) is 1. The fraction of sp³-hybridized carbons (Fsp3) is 0.980. The predicted molar refractivity (Wildman–Crippen MR) is 239 cm³/mol. The Morgan fingerprint density at radius 3 is 0.642 bits per heavy atom. The number of hydrogen-bond donors (Lipinski definition) is 1. The van der Waals surface area contributed by atoms with Crippen LogP contribution in [0.4, 0.5) is 0 Å². The molecule has 0 aromatic rings. The van der Waals surface area contributed by atoms with Gasteiger partial charge >= 0.3 is 5.97 Å². The fourth-order valence-electron chi connectivity index (χ4n) is 7.55. The van der Waals surface area contributed by atoms with E-state index in [4.69, 9.17) is 9.84 Å². The average Bonchev–Trinajstić information content (AvgIpc) is 3.16. The second-order valence-electron chi connectivity index (χ2n) is 16.9. The molecule has 3 nitrogen and oxygen atoms in total. The van der Waals surface area contributed by atoms with Crippen LogP contribution >= 0.6 is 0 Å². The molecule has 320 valence electrons. The van der Waals surface area contributed by atoms with E-state index in [0.29, 0.717) is 6.42 Å². The molecule has 0 fully saturated rings. The maximum absolute atomic E-state index is 10.3. The third-order valence-corrected chi connectivity index (χ3v) is 11.3. The van der Waals surface area contributed by atoms with E-state index in [2.05, 4.69) is 20.8 Å². The Morgan fingerprint density at radius 2 is 0.453 bits per heavy atom. The van der Waals surface area contributed by atoms with E-state index in [-0.39, 0.29) is 0 Å². The first-order valence-electron chi connectivity index (χ1n) is 25.0. The summed E-state index contributed by atoms with van der Waals surface area (Å²) in [5.41, 5.74) is 0. The molecule has 0 spiro atoms. The van der Waals surface area contributed by atoms with Crippen LogP contribution < -0.4 is 0 Å². The highest BCUT2D eigenvalue weighted by atomic mass is 16.5. The van der Waals surface area contributed by atoms with Gasteiger partial charge in [0.1, 0.15) is 0 Å². The van der Waals surface area contributed by atoms with Crippen molar-refractivity contribution >= 4 is 5.97 Å². The largest absolute Gasteiger partial charge is 0.481 e. The SMILES string of the molecule is CCCCCCCCCCCCCCCCCC(=O)O.CCCCCCCCCCCCCCCCOCCCCCCCCCCCCCCCC. The molecule has 0 aliphatic carbocycles. The summed E-state index contributed by atoms with van der Waals surface area (Å²) in [7, 11) is 0. The van der Waals surface area contributed by atoms with Crippen molar-refractivity contribution in [3.8, 4) is 0 Å². The van der Waals surface area contributed by atoms with Gasteiger partial charge in [0.05, 0.1) is 0 Å². The molecule has 0 aliphatic rings. The summed E-state index contributed by atoms with van der Waals surface area (Å²) in [6.45, 7) is 8.86. The van der Waals surface area contributed by atoms with Gasteiger partial charge in [-0.05, 0) is 19.3 Å². The summed E-state index contributed by atoms with van der Waals surface area (Å²) < 4.78 is 5.85. The van der Waals surface area contributed by atoms with Gasteiger partial charge in [-0.2, -0.15) is 0 Å². The van der Waals surface area contributed by atoms with Gasteiger partial charge in [-0.3, -0.25) is 4.79 Å². The van der Waals surface area contributed by atoms with Crippen LogP contribution in [0.3, 0.4) is 0 Å². The summed E-state index contributed by atoms with van der Waals surface area (Å²) in [5.74, 6) is -0.653. The summed E-state index contributed by atoms with van der Waals surface area (Å²) in [4.78, 5) is 10.3. The van der Waals surface area contributed by atoms with Crippen LogP contribution in [-0.4, -0.2) is 24.3 Å². The molecule has 0 aromatic heterocycles. The Kier molecular flexibility index (Phi) is 55.1. The molecule has 1 N–H and O–H groups in total.